The highest BCUT2D eigenvalue weighted by Crippen LogP contribution is 2.13. The predicted octanol–water partition coefficient (Wildman–Crippen LogP) is 3.61. The minimum absolute atomic E-state index is 0.260. The van der Waals surface area contributed by atoms with Crippen LogP contribution in [0.4, 0.5) is 11.6 Å². The number of nitrogens with one attached hydrogen (secondary N) is 2. The molecule has 2 N–H and O–H groups in total. The Morgan fingerprint density at radius 1 is 1.08 bits per heavy atom. The lowest BCUT2D eigenvalue weighted by Crippen LogP contribution is -2.16. The molecule has 26 heavy (non-hydrogen) atoms. The van der Waals surface area contributed by atoms with Gasteiger partial charge in [0.05, 0.1) is 0 Å². The Kier molecular flexibility index (Phi) is 5.53. The van der Waals surface area contributed by atoms with Crippen molar-refractivity contribution in [3.05, 3.63) is 77.4 Å². The number of carbonyl (C=O) groups is 1. The molecule has 1 aromatic carbocycles. The van der Waals surface area contributed by atoms with Gasteiger partial charge in [-0.15, -0.1) is 0 Å². The molecule has 0 aliphatic heterocycles. The fraction of sp³-hybridized carbons (Fsp3) is 0.200. The molecule has 0 unspecified atom stereocenters. The van der Waals surface area contributed by atoms with Gasteiger partial charge in [-0.1, -0.05) is 25.1 Å². The van der Waals surface area contributed by atoms with Gasteiger partial charge in [0.2, 0.25) is 5.95 Å². The molecule has 0 saturated carbocycles. The summed E-state index contributed by atoms with van der Waals surface area (Å²) in [5.41, 5.74) is 4.03. The predicted molar refractivity (Wildman–Crippen MR) is 102 cm³/mol. The van der Waals surface area contributed by atoms with Crippen LogP contribution in [0.5, 0.6) is 0 Å². The molecule has 2 aromatic heterocycles. The number of nitrogens with zero attached hydrogens (tertiary/aromatic N) is 3. The van der Waals surface area contributed by atoms with E-state index in [1.54, 1.807) is 18.5 Å². The molecule has 0 spiro atoms. The normalized spacial score (nSPS) is 10.4. The van der Waals surface area contributed by atoms with Crippen LogP contribution in [0.3, 0.4) is 0 Å². The minimum atomic E-state index is -0.260. The summed E-state index contributed by atoms with van der Waals surface area (Å²) in [6.45, 7) is 4.47. The molecule has 6 heteroatoms. The zero-order valence-electron chi connectivity index (χ0n) is 14.9. The zero-order chi connectivity index (χ0) is 18.4. The van der Waals surface area contributed by atoms with E-state index in [1.165, 1.54) is 5.56 Å². The Labute approximate surface area is 152 Å². The van der Waals surface area contributed by atoms with E-state index in [9.17, 15) is 4.79 Å². The average molecular weight is 347 g/mol. The topological polar surface area (TPSA) is 79.8 Å². The van der Waals surface area contributed by atoms with Crippen LogP contribution in [0.15, 0.2) is 54.9 Å². The van der Waals surface area contributed by atoms with Crippen molar-refractivity contribution >= 4 is 17.5 Å². The van der Waals surface area contributed by atoms with Crippen LogP contribution >= 0.6 is 0 Å². The maximum Gasteiger partial charge on any atom is 0.274 e. The van der Waals surface area contributed by atoms with E-state index in [0.717, 1.165) is 23.4 Å². The van der Waals surface area contributed by atoms with Crippen molar-refractivity contribution in [2.75, 3.05) is 10.6 Å². The smallest absolute Gasteiger partial charge is 0.274 e. The molecule has 1 amide bonds. The highest BCUT2D eigenvalue weighted by molar-refractivity contribution is 6.03. The highest BCUT2D eigenvalue weighted by atomic mass is 16.1. The Morgan fingerprint density at radius 2 is 1.88 bits per heavy atom. The van der Waals surface area contributed by atoms with Gasteiger partial charge in [-0.2, -0.15) is 0 Å². The molecule has 2 heterocycles. The second kappa shape index (κ2) is 8.20. The molecule has 6 nitrogen and oxygen atoms in total. The Balaban J connectivity index is 1.70. The zero-order valence-corrected chi connectivity index (χ0v) is 14.9. The minimum Gasteiger partial charge on any atom is -0.350 e. The van der Waals surface area contributed by atoms with E-state index >= 15 is 0 Å². The first kappa shape index (κ1) is 17.5. The van der Waals surface area contributed by atoms with Crippen molar-refractivity contribution in [3.8, 4) is 0 Å². The molecule has 3 rings (SSSR count). The summed E-state index contributed by atoms with van der Waals surface area (Å²) in [6.07, 6.45) is 4.46. The van der Waals surface area contributed by atoms with Crippen LogP contribution in [0.25, 0.3) is 0 Å². The van der Waals surface area contributed by atoms with E-state index in [-0.39, 0.29) is 5.91 Å². The lowest BCUT2D eigenvalue weighted by molar-refractivity contribution is 0.102. The van der Waals surface area contributed by atoms with Gasteiger partial charge in [0, 0.05) is 30.3 Å². The van der Waals surface area contributed by atoms with Crippen molar-refractivity contribution < 1.29 is 4.79 Å². The third kappa shape index (κ3) is 4.63. The number of amides is 1. The van der Waals surface area contributed by atoms with Gasteiger partial charge in [0.15, 0.2) is 0 Å². The lowest BCUT2D eigenvalue weighted by atomic mass is 10.1. The lowest BCUT2D eigenvalue weighted by Gasteiger charge is -2.09. The van der Waals surface area contributed by atoms with E-state index < -0.39 is 0 Å². The average Bonchev–Trinajstić information content (AvgIpc) is 2.67. The number of aryl methyl sites for hydroxylation is 2. The van der Waals surface area contributed by atoms with E-state index in [4.69, 9.17) is 0 Å². The Hall–Kier alpha value is -3.28. The van der Waals surface area contributed by atoms with Crippen molar-refractivity contribution in [1.29, 1.82) is 0 Å². The fourth-order valence-electron chi connectivity index (χ4n) is 2.47. The van der Waals surface area contributed by atoms with Gasteiger partial charge in [0.1, 0.15) is 5.69 Å². The Bertz CT molecular complexity index is 878. The molecule has 0 bridgehead atoms. The first-order valence-corrected chi connectivity index (χ1v) is 8.53. The number of rotatable bonds is 6. The molecule has 0 aliphatic carbocycles. The van der Waals surface area contributed by atoms with Gasteiger partial charge in [-0.3, -0.25) is 9.78 Å². The monoisotopic (exact) mass is 347 g/mol. The number of benzene rings is 1. The van der Waals surface area contributed by atoms with Gasteiger partial charge in [0.25, 0.3) is 5.91 Å². The largest absolute Gasteiger partial charge is 0.350 e. The van der Waals surface area contributed by atoms with Gasteiger partial charge in [-0.05, 0) is 48.7 Å². The summed E-state index contributed by atoms with van der Waals surface area (Å²) < 4.78 is 0. The summed E-state index contributed by atoms with van der Waals surface area (Å²) in [5, 5.41) is 6.00. The summed E-state index contributed by atoms with van der Waals surface area (Å²) in [4.78, 5) is 25.2. The molecule has 132 valence electrons. The second-order valence-corrected chi connectivity index (χ2v) is 5.94. The fourth-order valence-corrected chi connectivity index (χ4v) is 2.47. The molecule has 0 fully saturated rings. The maximum absolute atomic E-state index is 12.5. The van der Waals surface area contributed by atoms with Gasteiger partial charge in [-0.25, -0.2) is 9.97 Å². The third-order valence-corrected chi connectivity index (χ3v) is 3.88. The van der Waals surface area contributed by atoms with E-state index in [2.05, 4.69) is 32.5 Å². The SMILES string of the molecule is CCc1ccc(NC(=O)c2cc(C)nc(NCc3cccnc3)n2)cc1. The molecular formula is C20H21N5O. The van der Waals surface area contributed by atoms with Crippen LogP contribution in [0.1, 0.15) is 34.2 Å². The second-order valence-electron chi connectivity index (χ2n) is 5.94. The van der Waals surface area contributed by atoms with Crippen LogP contribution in [0.2, 0.25) is 0 Å². The van der Waals surface area contributed by atoms with Crippen LogP contribution in [-0.2, 0) is 13.0 Å². The van der Waals surface area contributed by atoms with Gasteiger partial charge >= 0.3 is 0 Å². The molecule has 3 aromatic rings. The summed E-state index contributed by atoms with van der Waals surface area (Å²) >= 11 is 0. The molecule has 0 radical (unpaired) electrons. The first-order chi connectivity index (χ1) is 12.6. The standard InChI is InChI=1S/C20H21N5O/c1-3-15-6-8-17(9-7-15)24-19(26)18-11-14(2)23-20(25-18)22-13-16-5-4-10-21-12-16/h4-12H,3,13H2,1-2H3,(H,24,26)(H,22,23,25). The molecule has 0 atom stereocenters. The van der Waals surface area contributed by atoms with Crippen LogP contribution < -0.4 is 10.6 Å². The number of pyridine rings is 1. The summed E-state index contributed by atoms with van der Waals surface area (Å²) in [5.74, 6) is 0.157. The number of carbonyl (C=O) groups excluding carboxylic acids is 1. The quantitative estimate of drug-likeness (QED) is 0.712. The molecule has 0 aliphatic rings. The van der Waals surface area contributed by atoms with Crippen molar-refractivity contribution in [3.63, 3.8) is 0 Å². The van der Waals surface area contributed by atoms with Crippen molar-refractivity contribution in [2.45, 2.75) is 26.8 Å². The number of aromatic nitrogens is 3. The first-order valence-electron chi connectivity index (χ1n) is 8.53. The van der Waals surface area contributed by atoms with Crippen molar-refractivity contribution in [1.82, 2.24) is 15.0 Å². The Morgan fingerprint density at radius 3 is 2.58 bits per heavy atom. The maximum atomic E-state index is 12.5. The van der Waals surface area contributed by atoms with Crippen LogP contribution in [0, 0.1) is 6.92 Å². The number of anilines is 2. The van der Waals surface area contributed by atoms with E-state index in [1.807, 2.05) is 43.3 Å². The molecular weight excluding hydrogens is 326 g/mol. The van der Waals surface area contributed by atoms with Gasteiger partial charge < -0.3 is 10.6 Å². The highest BCUT2D eigenvalue weighted by Gasteiger charge is 2.11. The molecule has 0 saturated heterocycles. The van der Waals surface area contributed by atoms with E-state index in [0.29, 0.717) is 18.2 Å². The number of hydrogen-bond donors (Lipinski definition) is 2. The van der Waals surface area contributed by atoms with Crippen LogP contribution in [-0.4, -0.2) is 20.9 Å². The van der Waals surface area contributed by atoms with Crippen molar-refractivity contribution in [2.24, 2.45) is 0 Å². The third-order valence-electron chi connectivity index (χ3n) is 3.88. The summed E-state index contributed by atoms with van der Waals surface area (Å²) in [6, 6.07) is 13.3. The summed E-state index contributed by atoms with van der Waals surface area (Å²) in [7, 11) is 0. The number of hydrogen-bond acceptors (Lipinski definition) is 5.